The monoisotopic (exact) mass is 511 g/mol. The van der Waals surface area contributed by atoms with Crippen LogP contribution in [0.2, 0.25) is 0 Å². The summed E-state index contributed by atoms with van der Waals surface area (Å²) in [5.74, 6) is 4.00. The summed E-state index contributed by atoms with van der Waals surface area (Å²) in [6.07, 6.45) is 20.7. The third kappa shape index (κ3) is 44.9. The molecule has 0 unspecified atom stereocenters. The Balaban J connectivity index is -0.0000000576. The van der Waals surface area contributed by atoms with Crippen molar-refractivity contribution in [3.63, 3.8) is 0 Å². The van der Waals surface area contributed by atoms with Crippen LogP contribution in [0.3, 0.4) is 0 Å². The van der Waals surface area contributed by atoms with E-state index in [1.165, 1.54) is 37.0 Å². The average Bonchev–Trinajstić information content (AvgIpc) is 2.45. The van der Waals surface area contributed by atoms with Gasteiger partial charge in [-0.1, -0.05) is 0 Å². The van der Waals surface area contributed by atoms with Crippen molar-refractivity contribution < 1.29 is 21.1 Å². The van der Waals surface area contributed by atoms with Crippen LogP contribution in [0.4, 0.5) is 0 Å². The molecule has 0 saturated heterocycles. The molecule has 0 aromatic carbocycles. The molecule has 0 spiro atoms. The van der Waals surface area contributed by atoms with Crippen LogP contribution in [0.15, 0.2) is 0 Å². The van der Waals surface area contributed by atoms with Gasteiger partial charge in [0, 0.05) is 0 Å². The van der Waals surface area contributed by atoms with Crippen molar-refractivity contribution in [2.75, 3.05) is 37.0 Å². The van der Waals surface area contributed by atoms with Gasteiger partial charge in [-0.2, -0.15) is 0 Å². The van der Waals surface area contributed by atoms with Crippen LogP contribution >= 0.6 is 15.8 Å². The molecule has 0 aromatic rings. The van der Waals surface area contributed by atoms with Gasteiger partial charge in [-0.3, -0.25) is 0 Å². The summed E-state index contributed by atoms with van der Waals surface area (Å²) in [5, 5.41) is 0. The Bertz CT molecular complexity index is 173. The second-order valence-corrected chi connectivity index (χ2v) is 11.4. The summed E-state index contributed by atoms with van der Waals surface area (Å²) in [7, 11) is 0.275. The maximum Gasteiger partial charge on any atom is 2.00 e. The first-order valence-corrected chi connectivity index (χ1v) is 12.1. The van der Waals surface area contributed by atoms with Gasteiger partial charge < -0.3 is 24.7 Å². The quantitative estimate of drug-likeness (QED) is 0.244. The maximum absolute atomic E-state index is 5.96. The van der Waals surface area contributed by atoms with Crippen molar-refractivity contribution in [2.24, 2.45) is 0 Å². The zero-order valence-electron chi connectivity index (χ0n) is 15.6. The van der Waals surface area contributed by atoms with Crippen LogP contribution in [-0.2, 0) is 21.1 Å². The standard InChI is InChI=1S/2C6H15P.2C3H3.Pt/c2*1-4-7(5-2)6-3;2*1-3-2;/h2*4-6H2,1-3H3;2*1H3;/q;;2*-1;+2/p+2. The zero-order chi connectivity index (χ0) is 16.8. The molecule has 0 saturated carbocycles. The van der Waals surface area contributed by atoms with Crippen LogP contribution in [0, 0.1) is 24.7 Å². The molecule has 0 aromatic heterocycles. The third-order valence-corrected chi connectivity index (χ3v) is 9.00. The van der Waals surface area contributed by atoms with Gasteiger partial charge in [0.15, 0.2) is 0 Å². The second kappa shape index (κ2) is 37.2. The topological polar surface area (TPSA) is 0 Å². The van der Waals surface area contributed by atoms with Crippen molar-refractivity contribution >= 4 is 15.8 Å². The average molecular weight is 512 g/mol. The summed E-state index contributed by atoms with van der Waals surface area (Å²) in [6, 6.07) is 0. The summed E-state index contributed by atoms with van der Waals surface area (Å²) in [4.78, 5) is 0. The van der Waals surface area contributed by atoms with E-state index >= 15 is 0 Å². The fourth-order valence-corrected chi connectivity index (χ4v) is 4.50. The molecule has 0 atom stereocenters. The Morgan fingerprint density at radius 3 is 0.667 bits per heavy atom. The molecular formula is C18H38P2Pt+2. The van der Waals surface area contributed by atoms with Crippen LogP contribution in [0.5, 0.6) is 0 Å². The third-order valence-electron chi connectivity index (χ3n) is 3.00. The van der Waals surface area contributed by atoms with E-state index in [-0.39, 0.29) is 36.9 Å². The van der Waals surface area contributed by atoms with E-state index in [1.54, 1.807) is 13.8 Å². The summed E-state index contributed by atoms with van der Waals surface area (Å²) in [6.45, 7) is 16.9. The van der Waals surface area contributed by atoms with Gasteiger partial charge in [-0.25, -0.2) is 0 Å². The van der Waals surface area contributed by atoms with Gasteiger partial charge >= 0.3 is 21.1 Å². The minimum Gasteiger partial charge on any atom is -0.694 e. The van der Waals surface area contributed by atoms with Gasteiger partial charge in [0.25, 0.3) is 0 Å². The Kier molecular flexibility index (Phi) is 59.0. The predicted octanol–water partition coefficient (Wildman–Crippen LogP) is 5.71. The summed E-state index contributed by atoms with van der Waals surface area (Å²) >= 11 is 0. The van der Waals surface area contributed by atoms with Crippen molar-refractivity contribution in [3.8, 4) is 11.8 Å². The summed E-state index contributed by atoms with van der Waals surface area (Å²) in [5.41, 5.74) is 0. The maximum atomic E-state index is 5.96. The van der Waals surface area contributed by atoms with E-state index in [0.717, 1.165) is 0 Å². The normalized spacial score (nSPS) is 7.62. The molecule has 3 heteroatoms. The molecule has 0 N–H and O–H groups in total. The fourth-order valence-electron chi connectivity index (χ4n) is 1.50. The number of hydrogen-bond acceptors (Lipinski definition) is 0. The van der Waals surface area contributed by atoms with E-state index in [4.69, 9.17) is 12.8 Å². The Labute approximate surface area is 153 Å². The molecule has 0 aliphatic heterocycles. The van der Waals surface area contributed by atoms with E-state index in [9.17, 15) is 0 Å². The van der Waals surface area contributed by atoms with Crippen molar-refractivity contribution in [1.82, 2.24) is 0 Å². The second-order valence-electron chi connectivity index (χ2n) is 4.12. The minimum atomic E-state index is 0. The van der Waals surface area contributed by atoms with Crippen LogP contribution in [0.25, 0.3) is 0 Å². The Hall–Kier alpha value is 0.668. The van der Waals surface area contributed by atoms with Crippen LogP contribution in [-0.4, -0.2) is 37.0 Å². The van der Waals surface area contributed by atoms with Crippen molar-refractivity contribution in [3.05, 3.63) is 12.8 Å². The van der Waals surface area contributed by atoms with E-state index in [0.29, 0.717) is 0 Å². The van der Waals surface area contributed by atoms with Gasteiger partial charge in [0.2, 0.25) is 0 Å². The Morgan fingerprint density at radius 2 is 0.667 bits per heavy atom. The van der Waals surface area contributed by atoms with Crippen LogP contribution < -0.4 is 0 Å². The minimum absolute atomic E-state index is 0. The number of hydrogen-bond donors (Lipinski definition) is 0. The van der Waals surface area contributed by atoms with Crippen LogP contribution in [0.1, 0.15) is 55.4 Å². The van der Waals surface area contributed by atoms with E-state index in [2.05, 4.69) is 41.5 Å². The first-order valence-electron chi connectivity index (χ1n) is 7.86. The predicted molar refractivity (Wildman–Crippen MR) is 105 cm³/mol. The van der Waals surface area contributed by atoms with Crippen molar-refractivity contribution in [2.45, 2.75) is 55.4 Å². The molecule has 0 nitrogen and oxygen atoms in total. The Morgan fingerprint density at radius 1 is 0.571 bits per heavy atom. The molecule has 21 heavy (non-hydrogen) atoms. The molecule has 0 aliphatic rings. The van der Waals surface area contributed by atoms with Gasteiger partial charge in [-0.15, -0.1) is 0 Å². The number of rotatable bonds is 6. The SMILES string of the molecule is CC[PH+](CC)CC.CC[PH+](CC)CC.[C-]#CC.[C-]#CC.[Pt+2]. The van der Waals surface area contributed by atoms with Gasteiger partial charge in [-0.05, 0) is 71.2 Å². The first kappa shape index (κ1) is 33.3. The molecule has 0 aliphatic carbocycles. The van der Waals surface area contributed by atoms with Gasteiger partial charge in [0.05, 0.1) is 37.0 Å². The molecule has 0 heterocycles. The molecule has 0 radical (unpaired) electrons. The first-order chi connectivity index (χ1) is 9.52. The molecular weight excluding hydrogens is 473 g/mol. The fraction of sp³-hybridized carbons (Fsp3) is 0.778. The molecule has 128 valence electrons. The zero-order valence-corrected chi connectivity index (χ0v) is 19.8. The van der Waals surface area contributed by atoms with Crippen molar-refractivity contribution in [1.29, 1.82) is 0 Å². The van der Waals surface area contributed by atoms with E-state index in [1.807, 2.05) is 11.8 Å². The molecule has 0 amide bonds. The molecule has 0 rings (SSSR count). The largest absolute Gasteiger partial charge is 2.00 e. The molecule has 0 fully saturated rings. The smallest absolute Gasteiger partial charge is 0.694 e. The summed E-state index contributed by atoms with van der Waals surface area (Å²) < 4.78 is 0. The van der Waals surface area contributed by atoms with Gasteiger partial charge in [0.1, 0.15) is 0 Å². The van der Waals surface area contributed by atoms with E-state index < -0.39 is 0 Å². The molecule has 0 bridgehead atoms.